The summed E-state index contributed by atoms with van der Waals surface area (Å²) in [7, 11) is 1.89. The van der Waals surface area contributed by atoms with E-state index in [-0.39, 0.29) is 18.6 Å². The lowest BCUT2D eigenvalue weighted by Crippen LogP contribution is -2.47. The van der Waals surface area contributed by atoms with Crippen molar-refractivity contribution in [1.82, 2.24) is 14.8 Å². The van der Waals surface area contributed by atoms with E-state index in [1.54, 1.807) is 11.3 Å². The number of nitrogens with two attached hydrogens (primary N) is 1. The van der Waals surface area contributed by atoms with Gasteiger partial charge in [0.05, 0.1) is 25.8 Å². The molecular formula is C13H22N4O2S. The standard InChI is InChI=1S/C13H22N4O2S/c1-10-9-20-13(15-10)8-17-3-4-19-11(6-17)5-16(2)7-12(14)18/h9,11H,3-8H2,1-2H3,(H2,14,18). The monoisotopic (exact) mass is 298 g/mol. The summed E-state index contributed by atoms with van der Waals surface area (Å²) in [5.41, 5.74) is 6.27. The molecule has 2 rings (SSSR count). The van der Waals surface area contributed by atoms with Crippen molar-refractivity contribution in [2.45, 2.75) is 19.6 Å². The zero-order chi connectivity index (χ0) is 14.5. The highest BCUT2D eigenvalue weighted by Crippen LogP contribution is 2.14. The van der Waals surface area contributed by atoms with Crippen LogP contribution in [0.3, 0.4) is 0 Å². The van der Waals surface area contributed by atoms with Gasteiger partial charge in [-0.15, -0.1) is 11.3 Å². The molecule has 0 bridgehead atoms. The van der Waals surface area contributed by atoms with Crippen molar-refractivity contribution in [2.75, 3.05) is 39.8 Å². The molecule has 2 N–H and O–H groups in total. The lowest BCUT2D eigenvalue weighted by atomic mass is 10.2. The normalized spacial score (nSPS) is 20.4. The van der Waals surface area contributed by atoms with Gasteiger partial charge in [-0.1, -0.05) is 0 Å². The fourth-order valence-corrected chi connectivity index (χ4v) is 3.19. The number of likely N-dealkylation sites (N-methyl/N-ethyl adjacent to an activating group) is 1. The van der Waals surface area contributed by atoms with Crippen molar-refractivity contribution in [3.8, 4) is 0 Å². The third kappa shape index (κ3) is 4.82. The third-order valence-electron chi connectivity index (χ3n) is 3.19. The first-order valence-electron chi connectivity index (χ1n) is 6.74. The molecule has 1 saturated heterocycles. The molecule has 0 aromatic carbocycles. The number of hydrogen-bond acceptors (Lipinski definition) is 6. The molecular weight excluding hydrogens is 276 g/mol. The van der Waals surface area contributed by atoms with Crippen LogP contribution in [0.5, 0.6) is 0 Å². The van der Waals surface area contributed by atoms with Gasteiger partial charge in [-0.3, -0.25) is 14.6 Å². The van der Waals surface area contributed by atoms with Crippen molar-refractivity contribution in [3.63, 3.8) is 0 Å². The number of morpholine rings is 1. The lowest BCUT2D eigenvalue weighted by molar-refractivity contribution is -0.119. The van der Waals surface area contributed by atoms with E-state index in [9.17, 15) is 4.79 Å². The molecule has 0 aliphatic carbocycles. The molecule has 1 unspecified atom stereocenters. The highest BCUT2D eigenvalue weighted by Gasteiger charge is 2.22. The summed E-state index contributed by atoms with van der Waals surface area (Å²) in [6.07, 6.45) is 0.120. The van der Waals surface area contributed by atoms with E-state index < -0.39 is 0 Å². The molecule has 0 radical (unpaired) electrons. The lowest BCUT2D eigenvalue weighted by Gasteiger charge is -2.34. The van der Waals surface area contributed by atoms with Gasteiger partial charge in [0.2, 0.25) is 5.91 Å². The van der Waals surface area contributed by atoms with Crippen LogP contribution in [0.1, 0.15) is 10.7 Å². The third-order valence-corrected chi connectivity index (χ3v) is 4.14. The Hall–Kier alpha value is -1.02. The highest BCUT2D eigenvalue weighted by molar-refractivity contribution is 7.09. The molecule has 1 aromatic rings. The van der Waals surface area contributed by atoms with Crippen molar-refractivity contribution in [2.24, 2.45) is 5.73 Å². The van der Waals surface area contributed by atoms with E-state index in [2.05, 4.69) is 15.3 Å². The number of carbonyl (C=O) groups excluding carboxylic acids is 1. The summed E-state index contributed by atoms with van der Waals surface area (Å²) < 4.78 is 5.75. The summed E-state index contributed by atoms with van der Waals surface area (Å²) in [4.78, 5) is 19.6. The highest BCUT2D eigenvalue weighted by atomic mass is 32.1. The molecule has 1 atom stereocenters. The molecule has 2 heterocycles. The minimum Gasteiger partial charge on any atom is -0.374 e. The summed E-state index contributed by atoms with van der Waals surface area (Å²) >= 11 is 1.70. The number of hydrogen-bond donors (Lipinski definition) is 1. The Morgan fingerprint density at radius 1 is 1.70 bits per heavy atom. The number of thiazole rings is 1. The van der Waals surface area contributed by atoms with Crippen molar-refractivity contribution >= 4 is 17.2 Å². The maximum atomic E-state index is 10.9. The molecule has 6 nitrogen and oxygen atoms in total. The number of primary amides is 1. The van der Waals surface area contributed by atoms with Crippen LogP contribution < -0.4 is 5.73 Å². The Balaban J connectivity index is 1.80. The van der Waals surface area contributed by atoms with Crippen LogP contribution >= 0.6 is 11.3 Å². The van der Waals surface area contributed by atoms with Gasteiger partial charge in [0.25, 0.3) is 0 Å². The van der Waals surface area contributed by atoms with Crippen LogP contribution in [-0.2, 0) is 16.1 Å². The molecule has 1 aromatic heterocycles. The molecule has 20 heavy (non-hydrogen) atoms. The minimum atomic E-state index is -0.307. The SMILES string of the molecule is Cc1csc(CN2CCOC(CN(C)CC(N)=O)C2)n1. The second-order valence-corrected chi connectivity index (χ2v) is 6.22. The number of rotatable bonds is 6. The Morgan fingerprint density at radius 3 is 3.15 bits per heavy atom. The summed E-state index contributed by atoms with van der Waals surface area (Å²) in [5, 5.41) is 3.22. The van der Waals surface area contributed by atoms with Crippen molar-refractivity contribution < 1.29 is 9.53 Å². The van der Waals surface area contributed by atoms with Gasteiger partial charge in [0.1, 0.15) is 5.01 Å². The average molecular weight is 298 g/mol. The quantitative estimate of drug-likeness (QED) is 0.805. The Labute approximate surface area is 123 Å². The summed E-state index contributed by atoms with van der Waals surface area (Å²) in [6.45, 7) is 6.39. The Bertz CT molecular complexity index is 451. The molecule has 0 spiro atoms. The van der Waals surface area contributed by atoms with E-state index in [0.29, 0.717) is 0 Å². The molecule has 7 heteroatoms. The summed E-state index contributed by atoms with van der Waals surface area (Å²) in [5.74, 6) is -0.307. The molecule has 1 amide bonds. The first-order chi connectivity index (χ1) is 9.52. The topological polar surface area (TPSA) is 71.7 Å². The maximum Gasteiger partial charge on any atom is 0.231 e. The van der Waals surface area contributed by atoms with Crippen molar-refractivity contribution in [1.29, 1.82) is 0 Å². The van der Waals surface area contributed by atoms with E-state index >= 15 is 0 Å². The molecule has 0 saturated carbocycles. The first-order valence-corrected chi connectivity index (χ1v) is 7.62. The number of aryl methyl sites for hydroxylation is 1. The number of aromatic nitrogens is 1. The van der Waals surface area contributed by atoms with Gasteiger partial charge in [0, 0.05) is 30.7 Å². The number of nitrogens with zero attached hydrogens (tertiary/aromatic N) is 3. The second-order valence-electron chi connectivity index (χ2n) is 5.27. The van der Waals surface area contributed by atoms with Gasteiger partial charge in [-0.25, -0.2) is 4.98 Å². The number of carbonyl (C=O) groups is 1. The van der Waals surface area contributed by atoms with Crippen LogP contribution in [0, 0.1) is 6.92 Å². The first kappa shape index (κ1) is 15.4. The summed E-state index contributed by atoms with van der Waals surface area (Å²) in [6, 6.07) is 0. The average Bonchev–Trinajstić information content (AvgIpc) is 2.74. The molecule has 1 aliphatic rings. The van der Waals surface area contributed by atoms with Gasteiger partial charge in [-0.05, 0) is 14.0 Å². The van der Waals surface area contributed by atoms with Gasteiger partial charge in [-0.2, -0.15) is 0 Å². The van der Waals surface area contributed by atoms with E-state index in [0.717, 1.165) is 43.5 Å². The van der Waals surface area contributed by atoms with E-state index in [4.69, 9.17) is 10.5 Å². The predicted molar refractivity (Wildman–Crippen MR) is 78.6 cm³/mol. The zero-order valence-corrected chi connectivity index (χ0v) is 12.9. The fourth-order valence-electron chi connectivity index (χ4n) is 2.38. The smallest absolute Gasteiger partial charge is 0.231 e. The molecule has 1 aliphatic heterocycles. The minimum absolute atomic E-state index is 0.120. The van der Waals surface area contributed by atoms with Crippen LogP contribution in [0.15, 0.2) is 5.38 Å². The van der Waals surface area contributed by atoms with Crippen LogP contribution in [0.4, 0.5) is 0 Å². The Morgan fingerprint density at radius 2 is 2.50 bits per heavy atom. The zero-order valence-electron chi connectivity index (χ0n) is 12.0. The van der Waals surface area contributed by atoms with Gasteiger partial charge < -0.3 is 10.5 Å². The van der Waals surface area contributed by atoms with E-state index in [1.165, 1.54) is 0 Å². The predicted octanol–water partition coefficient (Wildman–Crippen LogP) is 0.0694. The second kappa shape index (κ2) is 7.12. The van der Waals surface area contributed by atoms with Crippen LogP contribution in [0.25, 0.3) is 0 Å². The van der Waals surface area contributed by atoms with Crippen LogP contribution in [-0.4, -0.2) is 66.6 Å². The van der Waals surface area contributed by atoms with Crippen molar-refractivity contribution in [3.05, 3.63) is 16.1 Å². The maximum absolute atomic E-state index is 10.9. The van der Waals surface area contributed by atoms with Gasteiger partial charge in [0.15, 0.2) is 0 Å². The fraction of sp³-hybridized carbons (Fsp3) is 0.692. The number of ether oxygens (including phenoxy) is 1. The van der Waals surface area contributed by atoms with Gasteiger partial charge >= 0.3 is 0 Å². The van der Waals surface area contributed by atoms with Crippen LogP contribution in [0.2, 0.25) is 0 Å². The molecule has 1 fully saturated rings. The largest absolute Gasteiger partial charge is 0.374 e. The Kier molecular flexibility index (Phi) is 5.47. The van der Waals surface area contributed by atoms with E-state index in [1.807, 2.05) is 18.9 Å². The number of amides is 1. The molecule has 112 valence electrons.